The SMILES string of the molecule is CCCNC(C)C(C)c1nc(N2CCCCCC2)no1. The van der Waals surface area contributed by atoms with E-state index in [2.05, 4.69) is 41.1 Å². The van der Waals surface area contributed by atoms with Crippen LogP contribution in [0.15, 0.2) is 4.52 Å². The lowest BCUT2D eigenvalue weighted by molar-refractivity contribution is 0.330. The van der Waals surface area contributed by atoms with Crippen LogP contribution in [0, 0.1) is 0 Å². The van der Waals surface area contributed by atoms with Crippen molar-refractivity contribution in [2.45, 2.75) is 64.8 Å². The first-order valence-corrected chi connectivity index (χ1v) is 8.04. The Kier molecular flexibility index (Phi) is 5.83. The fraction of sp³-hybridized carbons (Fsp3) is 0.867. The third-order valence-electron chi connectivity index (χ3n) is 4.18. The van der Waals surface area contributed by atoms with E-state index < -0.39 is 0 Å². The molecule has 5 nitrogen and oxygen atoms in total. The van der Waals surface area contributed by atoms with Gasteiger partial charge in [-0.1, -0.05) is 26.7 Å². The summed E-state index contributed by atoms with van der Waals surface area (Å²) < 4.78 is 5.48. The van der Waals surface area contributed by atoms with Gasteiger partial charge in [0.25, 0.3) is 5.95 Å². The lowest BCUT2D eigenvalue weighted by Crippen LogP contribution is -2.31. The average molecular weight is 280 g/mol. The largest absolute Gasteiger partial charge is 0.338 e. The van der Waals surface area contributed by atoms with E-state index in [9.17, 15) is 0 Å². The Morgan fingerprint density at radius 3 is 2.55 bits per heavy atom. The second-order valence-corrected chi connectivity index (χ2v) is 5.87. The van der Waals surface area contributed by atoms with E-state index in [-0.39, 0.29) is 5.92 Å². The van der Waals surface area contributed by atoms with Crippen LogP contribution in [0.4, 0.5) is 5.95 Å². The first-order chi connectivity index (χ1) is 9.72. The number of nitrogens with one attached hydrogen (secondary N) is 1. The van der Waals surface area contributed by atoms with Gasteiger partial charge in [-0.3, -0.25) is 0 Å². The van der Waals surface area contributed by atoms with Crippen LogP contribution in [-0.4, -0.2) is 35.8 Å². The predicted octanol–water partition coefficient (Wildman–Crippen LogP) is 2.94. The molecule has 114 valence electrons. The summed E-state index contributed by atoms with van der Waals surface area (Å²) in [6.45, 7) is 9.63. The Bertz CT molecular complexity index is 385. The molecule has 1 aromatic rings. The molecule has 0 amide bonds. The minimum atomic E-state index is 0.245. The van der Waals surface area contributed by atoms with Crippen molar-refractivity contribution in [1.29, 1.82) is 0 Å². The van der Waals surface area contributed by atoms with E-state index >= 15 is 0 Å². The van der Waals surface area contributed by atoms with Gasteiger partial charge in [-0.2, -0.15) is 4.98 Å². The summed E-state index contributed by atoms with van der Waals surface area (Å²) in [7, 11) is 0. The molecule has 1 aliphatic rings. The summed E-state index contributed by atoms with van der Waals surface area (Å²) in [6.07, 6.45) is 6.23. The topological polar surface area (TPSA) is 54.2 Å². The molecule has 20 heavy (non-hydrogen) atoms. The van der Waals surface area contributed by atoms with Crippen molar-refractivity contribution in [2.24, 2.45) is 0 Å². The van der Waals surface area contributed by atoms with Crippen molar-refractivity contribution in [1.82, 2.24) is 15.5 Å². The lowest BCUT2D eigenvalue weighted by atomic mass is 10.0. The maximum absolute atomic E-state index is 5.48. The minimum absolute atomic E-state index is 0.245. The molecule has 1 saturated heterocycles. The predicted molar refractivity (Wildman–Crippen MR) is 81.1 cm³/mol. The highest BCUT2D eigenvalue weighted by molar-refractivity contribution is 5.28. The Morgan fingerprint density at radius 2 is 1.90 bits per heavy atom. The van der Waals surface area contributed by atoms with Crippen LogP contribution >= 0.6 is 0 Å². The van der Waals surface area contributed by atoms with Gasteiger partial charge < -0.3 is 14.7 Å². The normalized spacial score (nSPS) is 19.6. The summed E-state index contributed by atoms with van der Waals surface area (Å²) in [4.78, 5) is 6.87. The van der Waals surface area contributed by atoms with Crippen molar-refractivity contribution in [3.63, 3.8) is 0 Å². The summed E-state index contributed by atoms with van der Waals surface area (Å²) in [6, 6.07) is 0.354. The fourth-order valence-electron chi connectivity index (χ4n) is 2.57. The summed E-state index contributed by atoms with van der Waals surface area (Å²) in [5, 5.41) is 7.67. The van der Waals surface area contributed by atoms with E-state index in [0.717, 1.165) is 37.9 Å². The molecule has 0 aliphatic carbocycles. The highest BCUT2D eigenvalue weighted by atomic mass is 16.5. The molecule has 1 fully saturated rings. The van der Waals surface area contributed by atoms with Gasteiger partial charge >= 0.3 is 0 Å². The van der Waals surface area contributed by atoms with E-state index in [4.69, 9.17) is 4.52 Å². The molecule has 2 heterocycles. The van der Waals surface area contributed by atoms with Crippen LogP contribution in [0.25, 0.3) is 0 Å². The molecule has 1 aliphatic heterocycles. The highest BCUT2D eigenvalue weighted by Crippen LogP contribution is 2.22. The highest BCUT2D eigenvalue weighted by Gasteiger charge is 2.22. The van der Waals surface area contributed by atoms with Gasteiger partial charge in [0.1, 0.15) is 0 Å². The number of hydrogen-bond donors (Lipinski definition) is 1. The van der Waals surface area contributed by atoms with Crippen molar-refractivity contribution in [2.75, 3.05) is 24.5 Å². The first kappa shape index (κ1) is 15.3. The molecule has 2 atom stereocenters. The van der Waals surface area contributed by atoms with E-state index in [1.165, 1.54) is 25.7 Å². The summed E-state index contributed by atoms with van der Waals surface area (Å²) in [5.41, 5.74) is 0. The van der Waals surface area contributed by atoms with Crippen molar-refractivity contribution < 1.29 is 4.52 Å². The molecule has 1 aromatic heterocycles. The van der Waals surface area contributed by atoms with Crippen LogP contribution in [0.3, 0.4) is 0 Å². The Morgan fingerprint density at radius 1 is 1.20 bits per heavy atom. The van der Waals surface area contributed by atoms with Gasteiger partial charge in [0.15, 0.2) is 0 Å². The molecule has 0 aromatic carbocycles. The fourth-order valence-corrected chi connectivity index (χ4v) is 2.57. The van der Waals surface area contributed by atoms with Gasteiger partial charge in [0, 0.05) is 19.1 Å². The van der Waals surface area contributed by atoms with Gasteiger partial charge in [0.05, 0.1) is 5.92 Å². The van der Waals surface area contributed by atoms with Crippen LogP contribution in [0.1, 0.15) is 64.7 Å². The molecule has 2 unspecified atom stereocenters. The van der Waals surface area contributed by atoms with Crippen molar-refractivity contribution in [3.8, 4) is 0 Å². The smallest absolute Gasteiger partial charge is 0.266 e. The minimum Gasteiger partial charge on any atom is -0.338 e. The van der Waals surface area contributed by atoms with E-state index in [1.807, 2.05) is 0 Å². The molecular formula is C15H28N4O. The first-order valence-electron chi connectivity index (χ1n) is 8.04. The van der Waals surface area contributed by atoms with Crippen LogP contribution in [0.2, 0.25) is 0 Å². The molecular weight excluding hydrogens is 252 g/mol. The monoisotopic (exact) mass is 280 g/mol. The Labute approximate surface area is 122 Å². The number of anilines is 1. The van der Waals surface area contributed by atoms with Crippen LogP contribution in [-0.2, 0) is 0 Å². The molecule has 0 bridgehead atoms. The second-order valence-electron chi connectivity index (χ2n) is 5.87. The number of hydrogen-bond acceptors (Lipinski definition) is 5. The molecule has 0 saturated carbocycles. The molecule has 2 rings (SSSR count). The molecule has 0 radical (unpaired) electrons. The average Bonchev–Trinajstić information content (AvgIpc) is 2.79. The van der Waals surface area contributed by atoms with Gasteiger partial charge in [0.2, 0.25) is 5.89 Å². The van der Waals surface area contributed by atoms with Crippen molar-refractivity contribution >= 4 is 5.95 Å². The number of nitrogens with zero attached hydrogens (tertiary/aromatic N) is 3. The van der Waals surface area contributed by atoms with Crippen LogP contribution < -0.4 is 10.2 Å². The zero-order valence-corrected chi connectivity index (χ0v) is 13.1. The molecule has 0 spiro atoms. The summed E-state index contributed by atoms with van der Waals surface area (Å²) >= 11 is 0. The van der Waals surface area contributed by atoms with Crippen LogP contribution in [0.5, 0.6) is 0 Å². The summed E-state index contributed by atoms with van der Waals surface area (Å²) in [5.74, 6) is 1.77. The third kappa shape index (κ3) is 3.95. The zero-order chi connectivity index (χ0) is 14.4. The van der Waals surface area contributed by atoms with Gasteiger partial charge in [-0.05, 0) is 37.9 Å². The van der Waals surface area contributed by atoms with Gasteiger partial charge in [-0.15, -0.1) is 0 Å². The maximum Gasteiger partial charge on any atom is 0.266 e. The third-order valence-corrected chi connectivity index (χ3v) is 4.18. The number of rotatable bonds is 6. The van der Waals surface area contributed by atoms with Gasteiger partial charge in [-0.25, -0.2) is 0 Å². The second kappa shape index (κ2) is 7.62. The quantitative estimate of drug-likeness (QED) is 0.868. The van der Waals surface area contributed by atoms with Crippen molar-refractivity contribution in [3.05, 3.63) is 5.89 Å². The standard InChI is InChI=1S/C15H28N4O/c1-4-9-16-13(3)12(2)14-17-15(18-20-14)19-10-7-5-6-8-11-19/h12-13,16H,4-11H2,1-3H3. The van der Waals surface area contributed by atoms with E-state index in [0.29, 0.717) is 6.04 Å². The zero-order valence-electron chi connectivity index (χ0n) is 13.1. The number of aromatic nitrogens is 2. The molecule has 5 heteroatoms. The Hall–Kier alpha value is -1.10. The lowest BCUT2D eigenvalue weighted by Gasteiger charge is -2.18. The Balaban J connectivity index is 1.96. The van der Waals surface area contributed by atoms with E-state index in [1.54, 1.807) is 0 Å². The maximum atomic E-state index is 5.48. The molecule has 1 N–H and O–H groups in total.